The van der Waals surface area contributed by atoms with Gasteiger partial charge in [-0.1, -0.05) is 24.3 Å². The second-order valence-corrected chi connectivity index (χ2v) is 8.40. The van der Waals surface area contributed by atoms with Crippen LogP contribution in [0.3, 0.4) is 0 Å². The SMILES string of the molecule is O[C@@H]1C[C@H]2CN(C/C=C/c3ccc(F)cc3)C[C@H]2C[C@H]1Oc1ccc2c(c1)OCO2. The average Bonchev–Trinajstić information content (AvgIpc) is 3.35. The van der Waals surface area contributed by atoms with Gasteiger partial charge in [-0.2, -0.15) is 0 Å². The lowest BCUT2D eigenvalue weighted by atomic mass is 9.78. The smallest absolute Gasteiger partial charge is 0.231 e. The highest BCUT2D eigenvalue weighted by Crippen LogP contribution is 2.40. The summed E-state index contributed by atoms with van der Waals surface area (Å²) in [5, 5.41) is 10.7. The minimum Gasteiger partial charge on any atom is -0.488 e. The lowest BCUT2D eigenvalue weighted by Gasteiger charge is -2.35. The molecular weight excluding hydrogens is 385 g/mol. The van der Waals surface area contributed by atoms with Gasteiger partial charge >= 0.3 is 0 Å². The molecule has 2 aromatic carbocycles. The predicted molar refractivity (Wildman–Crippen MR) is 111 cm³/mol. The summed E-state index contributed by atoms with van der Waals surface area (Å²) in [6.07, 6.45) is 5.09. The summed E-state index contributed by atoms with van der Waals surface area (Å²) in [4.78, 5) is 2.42. The fraction of sp³-hybridized carbons (Fsp3) is 0.417. The van der Waals surface area contributed by atoms with Gasteiger partial charge in [0.1, 0.15) is 17.7 Å². The molecule has 2 aliphatic heterocycles. The van der Waals surface area contributed by atoms with Crippen LogP contribution in [0, 0.1) is 17.7 Å². The van der Waals surface area contributed by atoms with Crippen LogP contribution in [-0.4, -0.2) is 48.6 Å². The normalized spacial score (nSPS) is 28.1. The van der Waals surface area contributed by atoms with E-state index in [4.69, 9.17) is 14.2 Å². The van der Waals surface area contributed by atoms with Crippen molar-refractivity contribution >= 4 is 6.08 Å². The number of hydrogen-bond acceptors (Lipinski definition) is 5. The van der Waals surface area contributed by atoms with E-state index in [1.807, 2.05) is 24.3 Å². The second-order valence-electron chi connectivity index (χ2n) is 8.40. The summed E-state index contributed by atoms with van der Waals surface area (Å²) in [7, 11) is 0. The van der Waals surface area contributed by atoms with Crippen LogP contribution in [0.15, 0.2) is 48.5 Å². The quantitative estimate of drug-likeness (QED) is 0.813. The maximum absolute atomic E-state index is 13.0. The van der Waals surface area contributed by atoms with Crippen molar-refractivity contribution in [1.82, 2.24) is 4.90 Å². The van der Waals surface area contributed by atoms with Crippen LogP contribution < -0.4 is 14.2 Å². The maximum atomic E-state index is 13.0. The Balaban J connectivity index is 1.16. The summed E-state index contributed by atoms with van der Waals surface area (Å²) in [5.74, 6) is 2.93. The van der Waals surface area contributed by atoms with Crippen LogP contribution in [0.5, 0.6) is 17.2 Å². The fourth-order valence-corrected chi connectivity index (χ4v) is 4.80. The molecule has 1 aliphatic carbocycles. The molecule has 2 heterocycles. The van der Waals surface area contributed by atoms with Gasteiger partial charge in [-0.25, -0.2) is 4.39 Å². The third kappa shape index (κ3) is 4.16. The topological polar surface area (TPSA) is 51.2 Å². The maximum Gasteiger partial charge on any atom is 0.231 e. The van der Waals surface area contributed by atoms with Crippen molar-refractivity contribution in [2.45, 2.75) is 25.0 Å². The van der Waals surface area contributed by atoms with Gasteiger partial charge < -0.3 is 19.3 Å². The second kappa shape index (κ2) is 8.28. The molecule has 158 valence electrons. The Morgan fingerprint density at radius 1 is 1.03 bits per heavy atom. The predicted octanol–water partition coefficient (Wildman–Crippen LogP) is 3.72. The van der Waals surface area contributed by atoms with E-state index >= 15 is 0 Å². The summed E-state index contributed by atoms with van der Waals surface area (Å²) in [6.45, 7) is 3.09. The first-order valence-electron chi connectivity index (χ1n) is 10.5. The van der Waals surface area contributed by atoms with Gasteiger partial charge in [0.05, 0.1) is 6.10 Å². The molecule has 1 saturated heterocycles. The molecule has 0 unspecified atom stereocenters. The minimum atomic E-state index is -0.466. The summed E-state index contributed by atoms with van der Waals surface area (Å²) in [6, 6.07) is 12.1. The van der Waals surface area contributed by atoms with Gasteiger partial charge in [0.15, 0.2) is 11.5 Å². The van der Waals surface area contributed by atoms with Crippen molar-refractivity contribution < 1.29 is 23.7 Å². The Morgan fingerprint density at radius 2 is 1.80 bits per heavy atom. The van der Waals surface area contributed by atoms with E-state index in [0.29, 0.717) is 23.3 Å². The van der Waals surface area contributed by atoms with Crippen LogP contribution in [-0.2, 0) is 0 Å². The highest BCUT2D eigenvalue weighted by atomic mass is 19.1. The molecule has 1 N–H and O–H groups in total. The van der Waals surface area contributed by atoms with Crippen molar-refractivity contribution in [2.75, 3.05) is 26.4 Å². The third-order valence-corrected chi connectivity index (χ3v) is 6.34. The molecule has 4 atom stereocenters. The van der Waals surface area contributed by atoms with Crippen LogP contribution >= 0.6 is 0 Å². The largest absolute Gasteiger partial charge is 0.488 e. The van der Waals surface area contributed by atoms with Crippen molar-refractivity contribution in [3.63, 3.8) is 0 Å². The molecule has 3 aliphatic rings. The molecule has 6 heteroatoms. The highest BCUT2D eigenvalue weighted by Gasteiger charge is 2.42. The first-order valence-corrected chi connectivity index (χ1v) is 10.5. The molecule has 1 saturated carbocycles. The zero-order valence-electron chi connectivity index (χ0n) is 16.7. The molecule has 0 spiro atoms. The van der Waals surface area contributed by atoms with E-state index in [1.54, 1.807) is 12.1 Å². The lowest BCUT2D eigenvalue weighted by molar-refractivity contribution is -0.0232. The monoisotopic (exact) mass is 411 g/mol. The standard InChI is InChI=1S/C24H26FNO4/c25-19-5-3-16(4-6-19)2-1-9-26-13-17-10-21(27)23(11-18(17)14-26)30-20-7-8-22-24(12-20)29-15-28-22/h1-8,12,17-18,21,23,27H,9-11,13-15H2/b2-1+/t17-,18+,21+,23+/m0/s1. The number of aliphatic hydroxyl groups is 1. The first kappa shape index (κ1) is 19.4. The number of nitrogens with zero attached hydrogens (tertiary/aromatic N) is 1. The van der Waals surface area contributed by atoms with Crippen molar-refractivity contribution in [3.05, 3.63) is 59.9 Å². The van der Waals surface area contributed by atoms with Crippen LogP contribution in [0.25, 0.3) is 6.08 Å². The molecular formula is C24H26FNO4. The molecule has 2 aromatic rings. The molecule has 2 fully saturated rings. The number of likely N-dealkylation sites (tertiary alicyclic amines) is 1. The Hall–Kier alpha value is -2.57. The number of halogens is 1. The average molecular weight is 411 g/mol. The van der Waals surface area contributed by atoms with Gasteiger partial charge in [0.25, 0.3) is 0 Å². The Bertz CT molecular complexity index is 916. The number of ether oxygens (including phenoxy) is 3. The Kier molecular flexibility index (Phi) is 5.35. The zero-order valence-corrected chi connectivity index (χ0v) is 16.7. The fourth-order valence-electron chi connectivity index (χ4n) is 4.80. The van der Waals surface area contributed by atoms with Gasteiger partial charge in [0.2, 0.25) is 6.79 Å². The van der Waals surface area contributed by atoms with E-state index in [-0.39, 0.29) is 18.7 Å². The number of fused-ring (bicyclic) bond motifs is 2. The van der Waals surface area contributed by atoms with E-state index < -0.39 is 6.10 Å². The molecule has 30 heavy (non-hydrogen) atoms. The Labute approximate surface area is 175 Å². The van der Waals surface area contributed by atoms with Crippen LogP contribution in [0.4, 0.5) is 4.39 Å². The Morgan fingerprint density at radius 3 is 2.63 bits per heavy atom. The summed E-state index contributed by atoms with van der Waals surface area (Å²) in [5.41, 5.74) is 1.00. The molecule has 0 radical (unpaired) electrons. The number of benzene rings is 2. The van der Waals surface area contributed by atoms with Crippen molar-refractivity contribution in [1.29, 1.82) is 0 Å². The third-order valence-electron chi connectivity index (χ3n) is 6.34. The zero-order chi connectivity index (χ0) is 20.5. The summed E-state index contributed by atoms with van der Waals surface area (Å²) >= 11 is 0. The molecule has 0 bridgehead atoms. The van der Waals surface area contributed by atoms with E-state index in [1.165, 1.54) is 12.1 Å². The van der Waals surface area contributed by atoms with E-state index in [0.717, 1.165) is 43.8 Å². The van der Waals surface area contributed by atoms with Gasteiger partial charge in [-0.05, 0) is 54.5 Å². The number of hydrogen-bond donors (Lipinski definition) is 1. The minimum absolute atomic E-state index is 0.207. The summed E-state index contributed by atoms with van der Waals surface area (Å²) < 4.78 is 29.9. The highest BCUT2D eigenvalue weighted by molar-refractivity contribution is 5.49. The van der Waals surface area contributed by atoms with Crippen LogP contribution in [0.2, 0.25) is 0 Å². The number of aliphatic hydroxyl groups excluding tert-OH is 1. The number of rotatable bonds is 5. The first-order chi connectivity index (χ1) is 14.6. The molecule has 0 aromatic heterocycles. The van der Waals surface area contributed by atoms with Crippen molar-refractivity contribution in [3.8, 4) is 17.2 Å². The van der Waals surface area contributed by atoms with Gasteiger partial charge in [-0.15, -0.1) is 0 Å². The van der Waals surface area contributed by atoms with Gasteiger partial charge in [0, 0.05) is 25.7 Å². The van der Waals surface area contributed by atoms with E-state index in [2.05, 4.69) is 11.0 Å². The molecule has 5 nitrogen and oxygen atoms in total. The molecule has 0 amide bonds. The van der Waals surface area contributed by atoms with Crippen molar-refractivity contribution in [2.24, 2.45) is 11.8 Å². The van der Waals surface area contributed by atoms with Gasteiger partial charge in [-0.3, -0.25) is 4.90 Å². The lowest BCUT2D eigenvalue weighted by Crippen LogP contribution is -2.42. The molecule has 5 rings (SSSR count). The van der Waals surface area contributed by atoms with E-state index in [9.17, 15) is 9.50 Å². The van der Waals surface area contributed by atoms with Crippen LogP contribution in [0.1, 0.15) is 18.4 Å².